The summed E-state index contributed by atoms with van der Waals surface area (Å²) in [5, 5.41) is 3.35. The van der Waals surface area contributed by atoms with E-state index in [1.54, 1.807) is 0 Å². The van der Waals surface area contributed by atoms with Gasteiger partial charge in [-0.25, -0.2) is 0 Å². The molecule has 1 rings (SSSR count). The van der Waals surface area contributed by atoms with Crippen LogP contribution < -0.4 is 5.32 Å². The minimum Gasteiger partial charge on any atom is -0.316 e. The van der Waals surface area contributed by atoms with Gasteiger partial charge >= 0.3 is 0 Å². The van der Waals surface area contributed by atoms with Crippen LogP contribution in [0.1, 0.15) is 34.1 Å². The summed E-state index contributed by atoms with van der Waals surface area (Å²) in [6.45, 7) is 11.1. The fraction of sp³-hybridized carbons (Fsp3) is 1.00. The summed E-state index contributed by atoms with van der Waals surface area (Å²) >= 11 is 0. The number of hydrogen-bond donors (Lipinski definition) is 1. The van der Waals surface area contributed by atoms with Crippen molar-refractivity contribution < 1.29 is 0 Å². The Morgan fingerprint density at radius 3 is 2.10 bits per heavy atom. The third-order valence-corrected chi connectivity index (χ3v) is 2.04. The number of rotatable bonds is 1. The van der Waals surface area contributed by atoms with Crippen LogP contribution in [0, 0.1) is 11.8 Å². The minimum atomic E-state index is 0.880. The molecule has 0 saturated carbocycles. The zero-order valence-electron chi connectivity index (χ0n) is 7.78. The highest BCUT2D eigenvalue weighted by Crippen LogP contribution is 2.16. The molecule has 1 heteroatoms. The predicted octanol–water partition coefficient (Wildman–Crippen LogP) is 2.28. The lowest BCUT2D eigenvalue weighted by molar-refractivity contribution is 0.419. The van der Waals surface area contributed by atoms with E-state index in [1.807, 2.05) is 13.8 Å². The summed E-state index contributed by atoms with van der Waals surface area (Å²) in [6, 6.07) is 0. The molecule has 0 aromatic carbocycles. The van der Waals surface area contributed by atoms with Gasteiger partial charge in [0.25, 0.3) is 0 Å². The fourth-order valence-electron chi connectivity index (χ4n) is 1.25. The second-order valence-electron chi connectivity index (χ2n) is 3.00. The van der Waals surface area contributed by atoms with Crippen LogP contribution in [0.2, 0.25) is 0 Å². The lowest BCUT2D eigenvalue weighted by Crippen LogP contribution is -2.12. The summed E-state index contributed by atoms with van der Waals surface area (Å²) in [6.07, 6.45) is 1.39. The molecule has 1 N–H and O–H groups in total. The molecular formula is C9H21N. The molecule has 0 aliphatic carbocycles. The van der Waals surface area contributed by atoms with Crippen LogP contribution in [-0.2, 0) is 0 Å². The molecule has 1 fully saturated rings. The first-order valence-corrected chi connectivity index (χ1v) is 4.51. The first-order valence-electron chi connectivity index (χ1n) is 4.51. The van der Waals surface area contributed by atoms with E-state index in [-0.39, 0.29) is 0 Å². The van der Waals surface area contributed by atoms with E-state index >= 15 is 0 Å². The lowest BCUT2D eigenvalue weighted by atomic mass is 9.96. The molecule has 0 spiro atoms. The van der Waals surface area contributed by atoms with Crippen LogP contribution in [0.15, 0.2) is 0 Å². The normalized spacial score (nSPS) is 24.3. The third kappa shape index (κ3) is 3.21. The van der Waals surface area contributed by atoms with Crippen molar-refractivity contribution in [1.29, 1.82) is 0 Å². The van der Waals surface area contributed by atoms with Gasteiger partial charge in [-0.05, 0) is 31.3 Å². The fourth-order valence-corrected chi connectivity index (χ4v) is 1.25. The Balaban J connectivity index is 0.000000371. The lowest BCUT2D eigenvalue weighted by Gasteiger charge is -2.10. The van der Waals surface area contributed by atoms with Gasteiger partial charge in [-0.2, -0.15) is 0 Å². The van der Waals surface area contributed by atoms with Gasteiger partial charge in [0.1, 0.15) is 0 Å². The standard InChI is InChI=1S/C7H15N.C2H6/c1-6(2)7-3-4-8-5-7;1-2/h6-8H,3-5H2,1-2H3;1-2H3/t7-;/m1./s1. The Morgan fingerprint density at radius 2 is 1.90 bits per heavy atom. The van der Waals surface area contributed by atoms with E-state index < -0.39 is 0 Å². The zero-order chi connectivity index (χ0) is 7.98. The minimum absolute atomic E-state index is 0.880. The average molecular weight is 143 g/mol. The van der Waals surface area contributed by atoms with Crippen molar-refractivity contribution in [3.8, 4) is 0 Å². The van der Waals surface area contributed by atoms with Crippen molar-refractivity contribution >= 4 is 0 Å². The Kier molecular flexibility index (Phi) is 5.70. The van der Waals surface area contributed by atoms with Crippen molar-refractivity contribution in [3.63, 3.8) is 0 Å². The van der Waals surface area contributed by atoms with Crippen molar-refractivity contribution in [2.75, 3.05) is 13.1 Å². The van der Waals surface area contributed by atoms with Crippen LogP contribution in [-0.4, -0.2) is 13.1 Å². The van der Waals surface area contributed by atoms with Crippen LogP contribution >= 0.6 is 0 Å². The molecule has 0 radical (unpaired) electrons. The van der Waals surface area contributed by atoms with E-state index in [0.717, 1.165) is 11.8 Å². The molecule has 0 bridgehead atoms. The van der Waals surface area contributed by atoms with Gasteiger partial charge in [-0.15, -0.1) is 0 Å². The Labute approximate surface area is 65.2 Å². The Hall–Kier alpha value is -0.0400. The van der Waals surface area contributed by atoms with Gasteiger partial charge in [0, 0.05) is 0 Å². The Bertz CT molecular complexity index is 63.1. The van der Waals surface area contributed by atoms with E-state index in [2.05, 4.69) is 19.2 Å². The molecule has 62 valence electrons. The molecular weight excluding hydrogens is 122 g/mol. The van der Waals surface area contributed by atoms with Crippen LogP contribution in [0.5, 0.6) is 0 Å². The summed E-state index contributed by atoms with van der Waals surface area (Å²) < 4.78 is 0. The summed E-state index contributed by atoms with van der Waals surface area (Å²) in [5.41, 5.74) is 0. The molecule has 1 saturated heterocycles. The molecule has 1 heterocycles. The largest absolute Gasteiger partial charge is 0.316 e. The van der Waals surface area contributed by atoms with E-state index in [0.29, 0.717) is 0 Å². The molecule has 0 unspecified atom stereocenters. The van der Waals surface area contributed by atoms with Gasteiger partial charge in [0.15, 0.2) is 0 Å². The molecule has 0 amide bonds. The second kappa shape index (κ2) is 5.72. The van der Waals surface area contributed by atoms with Gasteiger partial charge in [0.2, 0.25) is 0 Å². The molecule has 1 nitrogen and oxygen atoms in total. The van der Waals surface area contributed by atoms with Gasteiger partial charge in [-0.1, -0.05) is 27.7 Å². The highest BCUT2D eigenvalue weighted by atomic mass is 14.9. The van der Waals surface area contributed by atoms with Crippen molar-refractivity contribution in [2.24, 2.45) is 11.8 Å². The van der Waals surface area contributed by atoms with E-state index in [1.165, 1.54) is 19.5 Å². The molecule has 1 atom stereocenters. The molecule has 1 aliphatic rings. The molecule has 1 aliphatic heterocycles. The van der Waals surface area contributed by atoms with Crippen LogP contribution in [0.4, 0.5) is 0 Å². The summed E-state index contributed by atoms with van der Waals surface area (Å²) in [5.74, 6) is 1.83. The number of hydrogen-bond acceptors (Lipinski definition) is 1. The van der Waals surface area contributed by atoms with Crippen LogP contribution in [0.3, 0.4) is 0 Å². The summed E-state index contributed by atoms with van der Waals surface area (Å²) in [4.78, 5) is 0. The maximum absolute atomic E-state index is 3.35. The van der Waals surface area contributed by atoms with Gasteiger partial charge in [0.05, 0.1) is 0 Å². The predicted molar refractivity (Wildman–Crippen MR) is 47.2 cm³/mol. The highest BCUT2D eigenvalue weighted by molar-refractivity contribution is 4.72. The Morgan fingerprint density at radius 1 is 1.30 bits per heavy atom. The molecule has 10 heavy (non-hydrogen) atoms. The monoisotopic (exact) mass is 143 g/mol. The zero-order valence-corrected chi connectivity index (χ0v) is 7.78. The molecule has 0 aromatic heterocycles. The maximum Gasteiger partial charge on any atom is -0.00176 e. The first kappa shape index (κ1) is 9.96. The SMILES string of the molecule is CC.CC(C)[C@@H]1CCNC1. The van der Waals surface area contributed by atoms with Crippen molar-refractivity contribution in [3.05, 3.63) is 0 Å². The smallest absolute Gasteiger partial charge is 0.00176 e. The van der Waals surface area contributed by atoms with Crippen molar-refractivity contribution in [2.45, 2.75) is 34.1 Å². The van der Waals surface area contributed by atoms with Crippen LogP contribution in [0.25, 0.3) is 0 Å². The molecule has 0 aromatic rings. The third-order valence-electron chi connectivity index (χ3n) is 2.04. The maximum atomic E-state index is 3.35. The van der Waals surface area contributed by atoms with Gasteiger partial charge < -0.3 is 5.32 Å². The van der Waals surface area contributed by atoms with Crippen molar-refractivity contribution in [1.82, 2.24) is 5.32 Å². The summed E-state index contributed by atoms with van der Waals surface area (Å²) in [7, 11) is 0. The topological polar surface area (TPSA) is 12.0 Å². The van der Waals surface area contributed by atoms with E-state index in [4.69, 9.17) is 0 Å². The van der Waals surface area contributed by atoms with E-state index in [9.17, 15) is 0 Å². The number of nitrogens with one attached hydrogen (secondary N) is 1. The highest BCUT2D eigenvalue weighted by Gasteiger charge is 2.16. The first-order chi connectivity index (χ1) is 4.80. The average Bonchev–Trinajstić information content (AvgIpc) is 2.42. The second-order valence-corrected chi connectivity index (χ2v) is 3.00. The quantitative estimate of drug-likeness (QED) is 0.594. The van der Waals surface area contributed by atoms with Gasteiger partial charge in [-0.3, -0.25) is 0 Å².